The van der Waals surface area contributed by atoms with Crippen LogP contribution in [0.2, 0.25) is 0 Å². The van der Waals surface area contributed by atoms with Crippen LogP contribution >= 0.6 is 0 Å². The third-order valence-electron chi connectivity index (χ3n) is 2.34. The van der Waals surface area contributed by atoms with Gasteiger partial charge in [-0.3, -0.25) is 0 Å². The number of aromatic nitrogens is 1. The smallest absolute Gasteiger partial charge is 0.223 e. The fourth-order valence-electron chi connectivity index (χ4n) is 1.62. The van der Waals surface area contributed by atoms with Gasteiger partial charge in [0, 0.05) is 5.57 Å². The average molecular weight is 183 g/mol. The van der Waals surface area contributed by atoms with E-state index in [9.17, 15) is 0 Å². The third-order valence-corrected chi connectivity index (χ3v) is 2.34. The minimum absolute atomic E-state index is 0.746. The molecule has 2 nitrogen and oxygen atoms in total. The van der Waals surface area contributed by atoms with E-state index in [1.807, 2.05) is 36.4 Å². The normalized spacial score (nSPS) is 15.0. The zero-order valence-corrected chi connectivity index (χ0v) is 7.60. The molecule has 0 fully saturated rings. The summed E-state index contributed by atoms with van der Waals surface area (Å²) in [5.41, 5.74) is 2.94. The lowest BCUT2D eigenvalue weighted by Crippen LogP contribution is -1.78. The lowest BCUT2D eigenvalue weighted by molar-refractivity contribution is 0.583. The number of oxazole rings is 1. The number of hydrogen-bond acceptors (Lipinski definition) is 2. The summed E-state index contributed by atoms with van der Waals surface area (Å²) >= 11 is 0. The zero-order valence-electron chi connectivity index (χ0n) is 7.60. The van der Waals surface area contributed by atoms with E-state index in [4.69, 9.17) is 4.42 Å². The van der Waals surface area contributed by atoms with Gasteiger partial charge in [-0.2, -0.15) is 0 Å². The Balaban J connectivity index is 2.15. The first-order valence-corrected chi connectivity index (χ1v) is 4.65. The number of allylic oxidation sites excluding steroid dienone is 4. The van der Waals surface area contributed by atoms with Gasteiger partial charge in [0.05, 0.1) is 0 Å². The van der Waals surface area contributed by atoms with E-state index in [1.165, 1.54) is 0 Å². The number of fused-ring (bicyclic) bond motifs is 1. The van der Waals surface area contributed by atoms with Crippen molar-refractivity contribution in [3.63, 3.8) is 0 Å². The first-order valence-electron chi connectivity index (χ1n) is 4.65. The zero-order chi connectivity index (χ0) is 9.38. The van der Waals surface area contributed by atoms with E-state index in [0.717, 1.165) is 29.0 Å². The standard InChI is InChI=1S/C12H9NO/c1-2-6-9(5-1)12-13-10-7-3-4-8-11(10)14-12/h1-5,7-8H,6H2. The van der Waals surface area contributed by atoms with E-state index < -0.39 is 0 Å². The molecular weight excluding hydrogens is 174 g/mol. The molecule has 1 heterocycles. The molecule has 1 aromatic heterocycles. The largest absolute Gasteiger partial charge is 0.436 e. The predicted octanol–water partition coefficient (Wildman–Crippen LogP) is 3.17. The second-order valence-corrected chi connectivity index (χ2v) is 3.31. The highest BCUT2D eigenvalue weighted by Gasteiger charge is 2.10. The predicted molar refractivity (Wildman–Crippen MR) is 55.7 cm³/mol. The molecule has 1 aromatic carbocycles. The molecular formula is C12H9NO. The average Bonchev–Trinajstić information content (AvgIpc) is 2.86. The number of para-hydroxylation sites is 2. The molecule has 68 valence electrons. The molecule has 1 aliphatic rings. The topological polar surface area (TPSA) is 26.0 Å². The Kier molecular flexibility index (Phi) is 1.53. The van der Waals surface area contributed by atoms with Gasteiger partial charge in [-0.05, 0) is 18.6 Å². The molecule has 0 saturated carbocycles. The number of hydrogen-bond donors (Lipinski definition) is 0. The van der Waals surface area contributed by atoms with E-state index in [2.05, 4.69) is 11.1 Å². The van der Waals surface area contributed by atoms with Crippen LogP contribution in [0.1, 0.15) is 12.3 Å². The fraction of sp³-hybridized carbons (Fsp3) is 0.0833. The maximum absolute atomic E-state index is 5.63. The molecule has 0 amide bonds. The molecule has 2 heteroatoms. The van der Waals surface area contributed by atoms with Gasteiger partial charge in [0.2, 0.25) is 5.89 Å². The lowest BCUT2D eigenvalue weighted by Gasteiger charge is -1.91. The minimum Gasteiger partial charge on any atom is -0.436 e. The van der Waals surface area contributed by atoms with Gasteiger partial charge in [0.25, 0.3) is 0 Å². The van der Waals surface area contributed by atoms with Crippen LogP contribution in [0.3, 0.4) is 0 Å². The molecule has 0 N–H and O–H groups in total. The highest BCUT2D eigenvalue weighted by atomic mass is 16.3. The van der Waals surface area contributed by atoms with Crippen LogP contribution in [0.5, 0.6) is 0 Å². The highest BCUT2D eigenvalue weighted by molar-refractivity contribution is 5.76. The second-order valence-electron chi connectivity index (χ2n) is 3.31. The van der Waals surface area contributed by atoms with Crippen molar-refractivity contribution in [1.29, 1.82) is 0 Å². The Morgan fingerprint density at radius 1 is 1.21 bits per heavy atom. The van der Waals surface area contributed by atoms with Crippen molar-refractivity contribution < 1.29 is 4.42 Å². The summed E-state index contributed by atoms with van der Waals surface area (Å²) in [6.07, 6.45) is 7.10. The molecule has 0 saturated heterocycles. The summed E-state index contributed by atoms with van der Waals surface area (Å²) in [7, 11) is 0. The Morgan fingerprint density at radius 2 is 2.14 bits per heavy atom. The fourth-order valence-corrected chi connectivity index (χ4v) is 1.62. The van der Waals surface area contributed by atoms with Gasteiger partial charge >= 0.3 is 0 Å². The maximum Gasteiger partial charge on any atom is 0.223 e. The molecule has 0 unspecified atom stereocenters. The van der Waals surface area contributed by atoms with Gasteiger partial charge in [-0.15, -0.1) is 0 Å². The summed E-state index contributed by atoms with van der Waals surface area (Å²) in [6, 6.07) is 7.83. The van der Waals surface area contributed by atoms with E-state index in [0.29, 0.717) is 0 Å². The molecule has 0 aliphatic heterocycles. The molecule has 0 atom stereocenters. The summed E-state index contributed by atoms with van der Waals surface area (Å²) in [5, 5.41) is 0. The van der Waals surface area contributed by atoms with Gasteiger partial charge < -0.3 is 4.42 Å². The van der Waals surface area contributed by atoms with Crippen LogP contribution in [0, 0.1) is 0 Å². The van der Waals surface area contributed by atoms with E-state index in [1.54, 1.807) is 0 Å². The molecule has 0 bridgehead atoms. The summed E-state index contributed by atoms with van der Waals surface area (Å²) in [4.78, 5) is 4.42. The summed E-state index contributed by atoms with van der Waals surface area (Å²) in [6.45, 7) is 0. The summed E-state index contributed by atoms with van der Waals surface area (Å²) < 4.78 is 5.63. The maximum atomic E-state index is 5.63. The number of benzene rings is 1. The lowest BCUT2D eigenvalue weighted by atomic mass is 10.2. The van der Waals surface area contributed by atoms with Crippen molar-refractivity contribution in [2.24, 2.45) is 0 Å². The van der Waals surface area contributed by atoms with Gasteiger partial charge in [0.1, 0.15) is 5.52 Å². The molecule has 0 spiro atoms. The summed E-state index contributed by atoms with van der Waals surface area (Å²) in [5.74, 6) is 0.746. The molecule has 14 heavy (non-hydrogen) atoms. The van der Waals surface area contributed by atoms with Crippen LogP contribution in [-0.2, 0) is 0 Å². The van der Waals surface area contributed by atoms with Gasteiger partial charge in [-0.25, -0.2) is 4.98 Å². The van der Waals surface area contributed by atoms with Crippen molar-refractivity contribution in [3.05, 3.63) is 48.4 Å². The second kappa shape index (κ2) is 2.84. The highest BCUT2D eigenvalue weighted by Crippen LogP contribution is 2.25. The van der Waals surface area contributed by atoms with Crippen molar-refractivity contribution in [2.45, 2.75) is 6.42 Å². The van der Waals surface area contributed by atoms with Crippen LogP contribution in [0.25, 0.3) is 16.7 Å². The molecule has 1 aliphatic carbocycles. The molecule has 3 rings (SSSR count). The Hall–Kier alpha value is -1.83. The SMILES string of the molecule is C1=CCC(c2nc3ccccc3o2)=C1. The third kappa shape index (κ3) is 1.08. The van der Waals surface area contributed by atoms with Crippen molar-refractivity contribution in [3.8, 4) is 0 Å². The van der Waals surface area contributed by atoms with Crippen molar-refractivity contribution >= 4 is 16.7 Å². The Morgan fingerprint density at radius 3 is 2.93 bits per heavy atom. The monoisotopic (exact) mass is 183 g/mol. The number of rotatable bonds is 1. The van der Waals surface area contributed by atoms with Gasteiger partial charge in [-0.1, -0.05) is 30.4 Å². The van der Waals surface area contributed by atoms with Crippen molar-refractivity contribution in [1.82, 2.24) is 4.98 Å². The van der Waals surface area contributed by atoms with E-state index in [-0.39, 0.29) is 0 Å². The van der Waals surface area contributed by atoms with Crippen LogP contribution < -0.4 is 0 Å². The van der Waals surface area contributed by atoms with Crippen LogP contribution in [0.15, 0.2) is 46.9 Å². The van der Waals surface area contributed by atoms with Gasteiger partial charge in [0.15, 0.2) is 5.58 Å². The van der Waals surface area contributed by atoms with Crippen molar-refractivity contribution in [2.75, 3.05) is 0 Å². The van der Waals surface area contributed by atoms with E-state index >= 15 is 0 Å². The number of nitrogens with zero attached hydrogens (tertiary/aromatic N) is 1. The first-order chi connectivity index (χ1) is 6.93. The van der Waals surface area contributed by atoms with Crippen LogP contribution in [0.4, 0.5) is 0 Å². The molecule has 0 radical (unpaired) electrons. The Bertz CT molecular complexity index is 501. The first kappa shape index (κ1) is 7.56. The Labute approximate surface area is 81.6 Å². The minimum atomic E-state index is 0.746. The van der Waals surface area contributed by atoms with Crippen LogP contribution in [-0.4, -0.2) is 4.98 Å². The quantitative estimate of drug-likeness (QED) is 0.678. The molecule has 2 aromatic rings.